The molecule has 0 aromatic heterocycles. The van der Waals surface area contributed by atoms with Gasteiger partial charge in [-0.1, -0.05) is 17.7 Å². The maximum atomic E-state index is 13.3. The Morgan fingerprint density at radius 1 is 1.21 bits per heavy atom. The normalized spacial score (nSPS) is 24.2. The van der Waals surface area contributed by atoms with Gasteiger partial charge < -0.3 is 9.74 Å². The van der Waals surface area contributed by atoms with Crippen LogP contribution in [0.15, 0.2) is 12.1 Å². The topological polar surface area (TPSA) is 49.9 Å². The monoisotopic (exact) mass is 350 g/mol. The Kier molecular flexibility index (Phi) is 4.45. The molecule has 1 atom stereocenters. The molecule has 1 unspecified atom stereocenters. The molecule has 2 fully saturated rings. The summed E-state index contributed by atoms with van der Waals surface area (Å²) in [6.07, 6.45) is 1.17. The van der Waals surface area contributed by atoms with Crippen LogP contribution in [0.5, 0.6) is 0 Å². The van der Waals surface area contributed by atoms with E-state index in [-0.39, 0.29) is 11.7 Å². The molecule has 2 aliphatic heterocycles. The molecular formula is C18H23ClN2O3. The van der Waals surface area contributed by atoms with Crippen LogP contribution in [0.2, 0.25) is 5.02 Å². The van der Waals surface area contributed by atoms with Crippen molar-refractivity contribution in [3.8, 4) is 0 Å². The van der Waals surface area contributed by atoms with E-state index in [1.165, 1.54) is 0 Å². The highest BCUT2D eigenvalue weighted by molar-refractivity contribution is 6.33. The number of hydroxylamine groups is 2. The fourth-order valence-corrected chi connectivity index (χ4v) is 4.55. The van der Waals surface area contributed by atoms with Crippen LogP contribution in [0, 0.1) is 13.8 Å². The highest BCUT2D eigenvalue weighted by Crippen LogP contribution is 2.44. The summed E-state index contributed by atoms with van der Waals surface area (Å²) < 4.78 is 0. The Hall–Kier alpha value is -1.43. The minimum Gasteiger partial charge on any atom is -0.332 e. The first-order valence-electron chi connectivity index (χ1n) is 8.19. The van der Waals surface area contributed by atoms with Crippen molar-refractivity contribution in [1.82, 2.24) is 9.96 Å². The Morgan fingerprint density at radius 2 is 1.83 bits per heavy atom. The van der Waals surface area contributed by atoms with Gasteiger partial charge in [0.25, 0.3) is 0 Å². The lowest BCUT2D eigenvalue weighted by molar-refractivity contribution is -0.165. The van der Waals surface area contributed by atoms with Gasteiger partial charge in [0.05, 0.1) is 7.11 Å². The number of nitrogens with zero attached hydrogens (tertiary/aromatic N) is 2. The van der Waals surface area contributed by atoms with Gasteiger partial charge in [0.2, 0.25) is 5.91 Å². The van der Waals surface area contributed by atoms with E-state index in [0.29, 0.717) is 36.5 Å². The van der Waals surface area contributed by atoms with Crippen LogP contribution in [-0.4, -0.2) is 54.4 Å². The molecular weight excluding hydrogens is 328 g/mol. The number of halogens is 1. The van der Waals surface area contributed by atoms with Gasteiger partial charge >= 0.3 is 0 Å². The van der Waals surface area contributed by atoms with Gasteiger partial charge in [-0.2, -0.15) is 5.06 Å². The lowest BCUT2D eigenvalue weighted by Crippen LogP contribution is -2.54. The zero-order chi connectivity index (χ0) is 17.6. The number of piperidine rings is 1. The van der Waals surface area contributed by atoms with E-state index in [9.17, 15) is 9.59 Å². The minimum atomic E-state index is -0.794. The first-order valence-corrected chi connectivity index (χ1v) is 8.57. The van der Waals surface area contributed by atoms with E-state index >= 15 is 0 Å². The summed E-state index contributed by atoms with van der Waals surface area (Å²) in [5.41, 5.74) is 1.84. The third-order valence-electron chi connectivity index (χ3n) is 5.52. The number of rotatable bonds is 2. The highest BCUT2D eigenvalue weighted by Gasteiger charge is 2.58. The predicted octanol–water partition coefficient (Wildman–Crippen LogP) is 2.48. The molecule has 0 radical (unpaired) electrons. The van der Waals surface area contributed by atoms with Crippen molar-refractivity contribution < 1.29 is 14.4 Å². The number of hydrogen-bond donors (Lipinski definition) is 0. The Morgan fingerprint density at radius 3 is 2.38 bits per heavy atom. The summed E-state index contributed by atoms with van der Waals surface area (Å²) in [5.74, 6) is -0.975. The zero-order valence-electron chi connectivity index (χ0n) is 14.6. The van der Waals surface area contributed by atoms with E-state index in [0.717, 1.165) is 11.1 Å². The molecule has 2 saturated heterocycles. The molecule has 2 heterocycles. The molecule has 1 spiro atoms. The molecule has 6 heteroatoms. The fraction of sp³-hybridized carbons (Fsp3) is 0.556. The van der Waals surface area contributed by atoms with E-state index in [1.807, 2.05) is 31.0 Å². The quantitative estimate of drug-likeness (QED) is 0.769. The summed E-state index contributed by atoms with van der Waals surface area (Å²) in [5, 5.41) is 2.33. The summed E-state index contributed by atoms with van der Waals surface area (Å²) in [4.78, 5) is 33.1. The molecule has 0 saturated carbocycles. The van der Waals surface area contributed by atoms with E-state index in [4.69, 9.17) is 16.4 Å². The Balaban J connectivity index is 2.01. The standard InChI is InChI=1S/C18H23ClN2O3/c1-11-9-12(2)14(13(19)10-11)15-16(22)18(20(3)17(15)23)5-7-21(24-4)8-6-18/h9-10,15H,5-8H2,1-4H3. The van der Waals surface area contributed by atoms with Crippen LogP contribution >= 0.6 is 11.6 Å². The molecule has 5 nitrogen and oxygen atoms in total. The van der Waals surface area contributed by atoms with Gasteiger partial charge in [0, 0.05) is 25.2 Å². The first-order chi connectivity index (χ1) is 11.3. The van der Waals surface area contributed by atoms with Crippen LogP contribution in [0.3, 0.4) is 0 Å². The SMILES string of the molecule is CON1CCC2(CC1)C(=O)C(c1c(C)cc(C)cc1Cl)C(=O)N2C. The number of carbonyl (C=O) groups excluding carboxylic acids is 2. The highest BCUT2D eigenvalue weighted by atomic mass is 35.5. The molecule has 1 amide bonds. The maximum Gasteiger partial charge on any atom is 0.238 e. The molecule has 2 aliphatic rings. The van der Waals surface area contributed by atoms with Crippen molar-refractivity contribution in [3.05, 3.63) is 33.8 Å². The summed E-state index contributed by atoms with van der Waals surface area (Å²) in [6.45, 7) is 5.13. The van der Waals surface area contributed by atoms with Crippen molar-refractivity contribution in [1.29, 1.82) is 0 Å². The number of aryl methyl sites for hydroxylation is 2. The third-order valence-corrected chi connectivity index (χ3v) is 5.83. The lowest BCUT2D eigenvalue weighted by atomic mass is 9.79. The van der Waals surface area contributed by atoms with Crippen molar-refractivity contribution in [2.75, 3.05) is 27.2 Å². The molecule has 3 rings (SSSR count). The Labute approximate surface area is 147 Å². The third kappa shape index (κ3) is 2.46. The second-order valence-electron chi connectivity index (χ2n) is 6.82. The summed E-state index contributed by atoms with van der Waals surface area (Å²) in [6, 6.07) is 3.79. The average molecular weight is 351 g/mol. The van der Waals surface area contributed by atoms with E-state index in [2.05, 4.69) is 0 Å². The Bertz CT molecular complexity index is 672. The second kappa shape index (κ2) is 6.14. The number of hydrogen-bond acceptors (Lipinski definition) is 4. The van der Waals surface area contributed by atoms with Crippen molar-refractivity contribution in [3.63, 3.8) is 0 Å². The van der Waals surface area contributed by atoms with E-state index < -0.39 is 11.5 Å². The molecule has 24 heavy (non-hydrogen) atoms. The number of ketones is 1. The number of carbonyl (C=O) groups is 2. The van der Waals surface area contributed by atoms with Crippen molar-refractivity contribution in [2.45, 2.75) is 38.1 Å². The number of likely N-dealkylation sites (tertiary alicyclic amines) is 1. The molecule has 0 aliphatic carbocycles. The van der Waals surface area contributed by atoms with Crippen LogP contribution in [0.4, 0.5) is 0 Å². The van der Waals surface area contributed by atoms with Gasteiger partial charge in [-0.3, -0.25) is 9.59 Å². The largest absolute Gasteiger partial charge is 0.332 e. The molecule has 130 valence electrons. The van der Waals surface area contributed by atoms with Crippen LogP contribution < -0.4 is 0 Å². The van der Waals surface area contributed by atoms with Crippen molar-refractivity contribution in [2.24, 2.45) is 0 Å². The number of likely N-dealkylation sites (N-methyl/N-ethyl adjacent to an activating group) is 1. The minimum absolute atomic E-state index is 0.0281. The predicted molar refractivity (Wildman–Crippen MR) is 92.0 cm³/mol. The van der Waals surface area contributed by atoms with Crippen LogP contribution in [0.25, 0.3) is 0 Å². The van der Waals surface area contributed by atoms with Gasteiger partial charge in [0.1, 0.15) is 11.5 Å². The smallest absolute Gasteiger partial charge is 0.238 e. The summed E-state index contributed by atoms with van der Waals surface area (Å²) >= 11 is 6.41. The number of Topliss-reactive ketones (excluding diaryl/α,β-unsaturated/α-hetero) is 1. The molecule has 1 aromatic carbocycles. The van der Waals surface area contributed by atoms with Crippen molar-refractivity contribution >= 4 is 23.3 Å². The molecule has 1 aromatic rings. The second-order valence-corrected chi connectivity index (χ2v) is 7.22. The van der Waals surface area contributed by atoms with Crippen LogP contribution in [0.1, 0.15) is 35.4 Å². The average Bonchev–Trinajstić information content (AvgIpc) is 2.71. The first kappa shape index (κ1) is 17.4. The molecule has 0 bridgehead atoms. The van der Waals surface area contributed by atoms with Gasteiger partial charge in [-0.05, 0) is 49.4 Å². The number of amides is 1. The number of benzene rings is 1. The fourth-order valence-electron chi connectivity index (χ4n) is 4.12. The maximum absolute atomic E-state index is 13.3. The van der Waals surface area contributed by atoms with Gasteiger partial charge in [0.15, 0.2) is 5.78 Å². The summed E-state index contributed by atoms with van der Waals surface area (Å²) in [7, 11) is 3.36. The van der Waals surface area contributed by atoms with E-state index in [1.54, 1.807) is 19.1 Å². The van der Waals surface area contributed by atoms with Gasteiger partial charge in [-0.15, -0.1) is 0 Å². The molecule has 0 N–H and O–H groups in total. The lowest BCUT2D eigenvalue weighted by Gasteiger charge is -2.41. The van der Waals surface area contributed by atoms with Gasteiger partial charge in [-0.25, -0.2) is 0 Å². The van der Waals surface area contributed by atoms with Crippen LogP contribution in [-0.2, 0) is 14.4 Å². The zero-order valence-corrected chi connectivity index (χ0v) is 15.3.